The van der Waals surface area contributed by atoms with E-state index in [1.165, 1.54) is 11.8 Å². The molecule has 1 aliphatic rings. The maximum atomic E-state index is 12.2. The highest BCUT2D eigenvalue weighted by atomic mass is 35.5. The third-order valence-corrected chi connectivity index (χ3v) is 5.50. The van der Waals surface area contributed by atoms with Crippen molar-refractivity contribution in [3.8, 4) is 0 Å². The standard InChI is InChI=1S/C12H18N2O2S2.ClH/c1-17-11-4-2-3-5-12(11)18(15,16)14-8-10(13)9-6-7-9;/h2-5,9-10,14H,6-8,13H2,1H3;1H. The molecule has 1 saturated carbocycles. The number of hydrogen-bond donors (Lipinski definition) is 2. The molecule has 7 heteroatoms. The first-order valence-electron chi connectivity index (χ1n) is 5.93. The molecular formula is C12H19ClN2O2S2. The van der Waals surface area contributed by atoms with Crippen LogP contribution in [0.4, 0.5) is 0 Å². The van der Waals surface area contributed by atoms with Crippen molar-refractivity contribution in [1.29, 1.82) is 0 Å². The van der Waals surface area contributed by atoms with Crippen LogP contribution in [0.5, 0.6) is 0 Å². The zero-order chi connectivity index (χ0) is 13.2. The van der Waals surface area contributed by atoms with Gasteiger partial charge in [-0.15, -0.1) is 24.2 Å². The quantitative estimate of drug-likeness (QED) is 0.784. The van der Waals surface area contributed by atoms with E-state index in [1.807, 2.05) is 12.3 Å². The molecule has 0 amide bonds. The van der Waals surface area contributed by atoms with E-state index in [0.29, 0.717) is 17.4 Å². The maximum Gasteiger partial charge on any atom is 0.241 e. The fraction of sp³-hybridized carbons (Fsp3) is 0.500. The van der Waals surface area contributed by atoms with E-state index in [0.717, 1.165) is 17.7 Å². The van der Waals surface area contributed by atoms with Crippen LogP contribution in [0.1, 0.15) is 12.8 Å². The molecule has 1 fully saturated rings. The third kappa shape index (κ3) is 4.36. The minimum atomic E-state index is -3.45. The van der Waals surface area contributed by atoms with E-state index in [9.17, 15) is 8.42 Å². The fourth-order valence-electron chi connectivity index (χ4n) is 1.82. The van der Waals surface area contributed by atoms with Crippen molar-refractivity contribution in [1.82, 2.24) is 4.72 Å². The SMILES string of the molecule is CSc1ccccc1S(=O)(=O)NCC(N)C1CC1.Cl. The second kappa shape index (κ2) is 6.95. The van der Waals surface area contributed by atoms with Gasteiger partial charge in [0.15, 0.2) is 0 Å². The summed E-state index contributed by atoms with van der Waals surface area (Å²) in [5, 5.41) is 0. The third-order valence-electron chi connectivity index (χ3n) is 3.10. The Hall–Kier alpha value is -0.270. The first-order valence-corrected chi connectivity index (χ1v) is 8.63. The number of rotatable bonds is 6. The van der Waals surface area contributed by atoms with Crippen molar-refractivity contribution in [2.24, 2.45) is 11.7 Å². The number of hydrogen-bond acceptors (Lipinski definition) is 4. The summed E-state index contributed by atoms with van der Waals surface area (Å²) in [6, 6.07) is 6.92. The summed E-state index contributed by atoms with van der Waals surface area (Å²) in [7, 11) is -3.45. The smallest absolute Gasteiger partial charge is 0.241 e. The van der Waals surface area contributed by atoms with Gasteiger partial charge in [-0.25, -0.2) is 13.1 Å². The molecule has 2 rings (SSSR count). The molecule has 1 atom stereocenters. The Morgan fingerprint density at radius 1 is 1.42 bits per heavy atom. The summed E-state index contributed by atoms with van der Waals surface area (Å²) >= 11 is 1.42. The average molecular weight is 323 g/mol. The Morgan fingerprint density at radius 2 is 2.05 bits per heavy atom. The normalized spacial score (nSPS) is 16.7. The number of nitrogens with two attached hydrogens (primary N) is 1. The van der Waals surface area contributed by atoms with Crippen LogP contribution in [0.3, 0.4) is 0 Å². The van der Waals surface area contributed by atoms with Crippen LogP contribution >= 0.6 is 24.2 Å². The minimum Gasteiger partial charge on any atom is -0.326 e. The summed E-state index contributed by atoms with van der Waals surface area (Å²) in [4.78, 5) is 1.09. The van der Waals surface area contributed by atoms with Crippen molar-refractivity contribution in [3.05, 3.63) is 24.3 Å². The number of sulfonamides is 1. The van der Waals surface area contributed by atoms with Gasteiger partial charge in [0.1, 0.15) is 0 Å². The Bertz CT molecular complexity index is 518. The van der Waals surface area contributed by atoms with Crippen molar-refractivity contribution < 1.29 is 8.42 Å². The van der Waals surface area contributed by atoms with Crippen molar-refractivity contribution in [3.63, 3.8) is 0 Å². The first-order chi connectivity index (χ1) is 8.54. The van der Waals surface area contributed by atoms with Crippen LogP contribution in [0.2, 0.25) is 0 Å². The van der Waals surface area contributed by atoms with Gasteiger partial charge >= 0.3 is 0 Å². The number of halogens is 1. The Labute approximate surface area is 125 Å². The van der Waals surface area contributed by atoms with Crippen LogP contribution in [0.25, 0.3) is 0 Å². The predicted molar refractivity (Wildman–Crippen MR) is 81.4 cm³/mol. The van der Waals surface area contributed by atoms with E-state index in [2.05, 4.69) is 4.72 Å². The lowest BCUT2D eigenvalue weighted by molar-refractivity contribution is 0.546. The van der Waals surface area contributed by atoms with Crippen molar-refractivity contribution >= 4 is 34.2 Å². The first kappa shape index (κ1) is 16.8. The van der Waals surface area contributed by atoms with Crippen LogP contribution in [0.15, 0.2) is 34.1 Å². The lowest BCUT2D eigenvalue weighted by atomic mass is 10.2. The van der Waals surface area contributed by atoms with E-state index in [-0.39, 0.29) is 18.4 Å². The van der Waals surface area contributed by atoms with Crippen LogP contribution in [-0.4, -0.2) is 27.3 Å². The summed E-state index contributed by atoms with van der Waals surface area (Å²) in [5.74, 6) is 0.489. The second-order valence-electron chi connectivity index (χ2n) is 4.50. The van der Waals surface area contributed by atoms with Gasteiger partial charge < -0.3 is 5.73 Å². The lowest BCUT2D eigenvalue weighted by Crippen LogP contribution is -2.38. The van der Waals surface area contributed by atoms with E-state index in [1.54, 1.807) is 18.2 Å². The largest absolute Gasteiger partial charge is 0.326 e. The fourth-order valence-corrected chi connectivity index (χ4v) is 4.04. The van der Waals surface area contributed by atoms with Crippen molar-refractivity contribution in [2.75, 3.05) is 12.8 Å². The van der Waals surface area contributed by atoms with Gasteiger partial charge in [-0.2, -0.15) is 0 Å². The van der Waals surface area contributed by atoms with Gasteiger partial charge in [-0.3, -0.25) is 0 Å². The highest BCUT2D eigenvalue weighted by molar-refractivity contribution is 7.99. The maximum absolute atomic E-state index is 12.2. The molecule has 0 spiro atoms. The lowest BCUT2D eigenvalue weighted by Gasteiger charge is -2.13. The highest BCUT2D eigenvalue weighted by Gasteiger charge is 2.29. The Morgan fingerprint density at radius 3 is 2.63 bits per heavy atom. The molecule has 108 valence electrons. The molecule has 1 aromatic rings. The number of nitrogens with one attached hydrogen (secondary N) is 1. The zero-order valence-corrected chi connectivity index (χ0v) is 13.2. The molecule has 1 aromatic carbocycles. The monoisotopic (exact) mass is 322 g/mol. The number of thioether (sulfide) groups is 1. The van der Waals surface area contributed by atoms with E-state index < -0.39 is 10.0 Å². The molecule has 3 N–H and O–H groups in total. The molecule has 0 heterocycles. The molecule has 4 nitrogen and oxygen atoms in total. The number of benzene rings is 1. The second-order valence-corrected chi connectivity index (χ2v) is 7.09. The highest BCUT2D eigenvalue weighted by Crippen LogP contribution is 2.31. The van der Waals surface area contributed by atoms with Crippen LogP contribution in [0, 0.1) is 5.92 Å². The van der Waals surface area contributed by atoms with E-state index >= 15 is 0 Å². The summed E-state index contributed by atoms with van der Waals surface area (Å²) in [6.07, 6.45) is 4.10. The summed E-state index contributed by atoms with van der Waals surface area (Å²) < 4.78 is 27.0. The van der Waals surface area contributed by atoms with Crippen LogP contribution in [-0.2, 0) is 10.0 Å². The molecule has 0 aromatic heterocycles. The molecule has 1 unspecified atom stereocenters. The van der Waals surface area contributed by atoms with Crippen molar-refractivity contribution in [2.45, 2.75) is 28.7 Å². The zero-order valence-electron chi connectivity index (χ0n) is 10.7. The van der Waals surface area contributed by atoms with Gasteiger partial charge in [0.05, 0.1) is 4.90 Å². The van der Waals surface area contributed by atoms with Gasteiger partial charge in [-0.05, 0) is 37.1 Å². The Kier molecular flexibility index (Phi) is 6.14. The molecule has 0 bridgehead atoms. The topological polar surface area (TPSA) is 72.2 Å². The molecule has 0 saturated heterocycles. The van der Waals surface area contributed by atoms with E-state index in [4.69, 9.17) is 5.73 Å². The van der Waals surface area contributed by atoms with Gasteiger partial charge in [0.2, 0.25) is 10.0 Å². The molecule has 19 heavy (non-hydrogen) atoms. The summed E-state index contributed by atoms with van der Waals surface area (Å²) in [6.45, 7) is 0.315. The average Bonchev–Trinajstić information content (AvgIpc) is 3.20. The van der Waals surface area contributed by atoms with Gasteiger partial charge in [0, 0.05) is 17.5 Å². The van der Waals surface area contributed by atoms with Crippen LogP contribution < -0.4 is 10.5 Å². The molecule has 0 radical (unpaired) electrons. The van der Waals surface area contributed by atoms with Gasteiger partial charge in [-0.1, -0.05) is 12.1 Å². The molecule has 1 aliphatic carbocycles. The summed E-state index contributed by atoms with van der Waals surface area (Å²) in [5.41, 5.74) is 5.90. The minimum absolute atomic E-state index is 0. The molecule has 0 aliphatic heterocycles. The van der Waals surface area contributed by atoms with Gasteiger partial charge in [0.25, 0.3) is 0 Å². The Balaban J connectivity index is 0.00000180. The predicted octanol–water partition coefficient (Wildman–Crippen LogP) is 1.85. The molecular weight excluding hydrogens is 304 g/mol.